The molecule has 1 aromatic rings. The molecular weight excluding hydrogens is 334 g/mol. The van der Waals surface area contributed by atoms with Gasteiger partial charge in [0, 0.05) is 25.2 Å². The number of nitrogens with zero attached hydrogens (tertiary/aromatic N) is 2. The lowest BCUT2D eigenvalue weighted by Gasteiger charge is -2.34. The molecule has 1 heterocycles. The maximum Gasteiger partial charge on any atom is 0.254 e. The van der Waals surface area contributed by atoms with E-state index in [1.165, 1.54) is 6.54 Å². The van der Waals surface area contributed by atoms with Crippen LogP contribution < -0.4 is 5.32 Å². The standard InChI is InChI=1S/C20H33N3O.ClH/c1-4-22(5-2)16-17-11-14-23(15-12-17)20(24)19-9-7-6-8-18(19)10-13-21-3;/h6-9,17,21H,4-5,10-16H2,1-3H3;1H. The number of carbonyl (C=O) groups excluding carboxylic acids is 1. The van der Waals surface area contributed by atoms with Gasteiger partial charge >= 0.3 is 0 Å². The molecule has 0 atom stereocenters. The minimum atomic E-state index is 0. The van der Waals surface area contributed by atoms with Crippen molar-refractivity contribution in [3.05, 3.63) is 35.4 Å². The highest BCUT2D eigenvalue weighted by atomic mass is 35.5. The summed E-state index contributed by atoms with van der Waals surface area (Å²) in [4.78, 5) is 17.5. The summed E-state index contributed by atoms with van der Waals surface area (Å²) in [7, 11) is 1.95. The van der Waals surface area contributed by atoms with Crippen LogP contribution >= 0.6 is 12.4 Å². The van der Waals surface area contributed by atoms with Crippen LogP contribution in [0.2, 0.25) is 0 Å². The van der Waals surface area contributed by atoms with Crippen molar-refractivity contribution in [2.45, 2.75) is 33.1 Å². The highest BCUT2D eigenvalue weighted by molar-refractivity contribution is 5.95. The van der Waals surface area contributed by atoms with Gasteiger partial charge in [-0.15, -0.1) is 12.4 Å². The van der Waals surface area contributed by atoms with E-state index in [1.54, 1.807) is 0 Å². The number of halogens is 1. The van der Waals surface area contributed by atoms with E-state index in [4.69, 9.17) is 0 Å². The lowest BCUT2D eigenvalue weighted by atomic mass is 9.95. The largest absolute Gasteiger partial charge is 0.339 e. The first-order valence-corrected chi connectivity index (χ1v) is 9.43. The molecule has 1 N–H and O–H groups in total. The topological polar surface area (TPSA) is 35.6 Å². The summed E-state index contributed by atoms with van der Waals surface area (Å²) in [6, 6.07) is 8.06. The van der Waals surface area contributed by atoms with E-state index >= 15 is 0 Å². The fourth-order valence-electron chi connectivity index (χ4n) is 3.54. The van der Waals surface area contributed by atoms with Crippen LogP contribution in [0.1, 0.15) is 42.6 Å². The number of nitrogens with one attached hydrogen (secondary N) is 1. The van der Waals surface area contributed by atoms with Gasteiger partial charge in [0.1, 0.15) is 0 Å². The van der Waals surface area contributed by atoms with Gasteiger partial charge in [-0.25, -0.2) is 0 Å². The Balaban J connectivity index is 0.00000312. The molecule has 0 bridgehead atoms. The fraction of sp³-hybridized carbons (Fsp3) is 0.650. The van der Waals surface area contributed by atoms with E-state index in [0.29, 0.717) is 0 Å². The van der Waals surface area contributed by atoms with Crippen LogP contribution in [0.5, 0.6) is 0 Å². The summed E-state index contributed by atoms with van der Waals surface area (Å²) in [5, 5.41) is 3.17. The third-order valence-corrected chi connectivity index (χ3v) is 5.20. The summed E-state index contributed by atoms with van der Waals surface area (Å²) in [6.07, 6.45) is 3.15. The number of piperidine rings is 1. The summed E-state index contributed by atoms with van der Waals surface area (Å²) in [6.45, 7) is 10.6. The minimum absolute atomic E-state index is 0. The van der Waals surface area contributed by atoms with Crippen LogP contribution in [0.3, 0.4) is 0 Å². The van der Waals surface area contributed by atoms with Crippen molar-refractivity contribution in [3.8, 4) is 0 Å². The molecule has 1 fully saturated rings. The van der Waals surface area contributed by atoms with Gasteiger partial charge in [-0.05, 0) is 63.5 Å². The Hall–Kier alpha value is -1.10. The Morgan fingerprint density at radius 1 is 1.20 bits per heavy atom. The van der Waals surface area contributed by atoms with Gasteiger partial charge in [0.2, 0.25) is 0 Å². The predicted octanol–water partition coefficient (Wildman–Crippen LogP) is 3.06. The molecule has 4 nitrogen and oxygen atoms in total. The predicted molar refractivity (Wildman–Crippen MR) is 108 cm³/mol. The van der Waals surface area contributed by atoms with Gasteiger partial charge in [0.15, 0.2) is 0 Å². The first-order valence-electron chi connectivity index (χ1n) is 9.43. The third kappa shape index (κ3) is 6.28. The van der Waals surface area contributed by atoms with E-state index in [9.17, 15) is 4.79 Å². The van der Waals surface area contributed by atoms with Gasteiger partial charge in [0.05, 0.1) is 0 Å². The second kappa shape index (κ2) is 11.5. The summed E-state index contributed by atoms with van der Waals surface area (Å²) >= 11 is 0. The molecule has 0 radical (unpaired) electrons. The van der Waals surface area contributed by atoms with Crippen molar-refractivity contribution in [2.24, 2.45) is 5.92 Å². The lowest BCUT2D eigenvalue weighted by Crippen LogP contribution is -2.42. The van der Waals surface area contributed by atoms with Crippen LogP contribution in [0.4, 0.5) is 0 Å². The maximum absolute atomic E-state index is 12.9. The first kappa shape index (κ1) is 21.9. The van der Waals surface area contributed by atoms with Gasteiger partial charge in [0.25, 0.3) is 5.91 Å². The summed E-state index contributed by atoms with van der Waals surface area (Å²) in [5.74, 6) is 0.941. The van der Waals surface area contributed by atoms with E-state index in [0.717, 1.165) is 69.0 Å². The maximum atomic E-state index is 12.9. The van der Waals surface area contributed by atoms with Crippen LogP contribution in [-0.2, 0) is 6.42 Å². The Morgan fingerprint density at radius 2 is 1.84 bits per heavy atom. The Kier molecular flexibility index (Phi) is 10.1. The number of hydrogen-bond donors (Lipinski definition) is 1. The normalized spacial score (nSPS) is 15.3. The zero-order chi connectivity index (χ0) is 17.4. The van der Waals surface area contributed by atoms with Gasteiger partial charge < -0.3 is 15.1 Å². The van der Waals surface area contributed by atoms with Crippen molar-refractivity contribution in [3.63, 3.8) is 0 Å². The zero-order valence-electron chi connectivity index (χ0n) is 16.0. The zero-order valence-corrected chi connectivity index (χ0v) is 16.8. The van der Waals surface area contributed by atoms with Crippen LogP contribution in [0.25, 0.3) is 0 Å². The lowest BCUT2D eigenvalue weighted by molar-refractivity contribution is 0.0668. The minimum Gasteiger partial charge on any atom is -0.339 e. The number of carbonyl (C=O) groups is 1. The second-order valence-corrected chi connectivity index (χ2v) is 6.73. The van der Waals surface area contributed by atoms with Crippen LogP contribution in [0.15, 0.2) is 24.3 Å². The average molecular weight is 368 g/mol. The smallest absolute Gasteiger partial charge is 0.254 e. The molecule has 1 aliphatic rings. The molecule has 142 valence electrons. The molecule has 1 saturated heterocycles. The van der Waals surface area contributed by atoms with E-state index < -0.39 is 0 Å². The number of hydrogen-bond acceptors (Lipinski definition) is 3. The van der Waals surface area contributed by atoms with E-state index in [-0.39, 0.29) is 18.3 Å². The average Bonchev–Trinajstić information content (AvgIpc) is 2.64. The molecule has 1 amide bonds. The molecule has 0 saturated carbocycles. The molecule has 1 aromatic carbocycles. The molecule has 2 rings (SSSR count). The number of amides is 1. The Morgan fingerprint density at radius 3 is 2.44 bits per heavy atom. The van der Waals surface area contributed by atoms with Gasteiger partial charge in [-0.3, -0.25) is 4.79 Å². The number of likely N-dealkylation sites (tertiary alicyclic amines) is 1. The summed E-state index contributed by atoms with van der Waals surface area (Å²) < 4.78 is 0. The molecule has 1 aliphatic heterocycles. The van der Waals surface area contributed by atoms with Crippen molar-refractivity contribution >= 4 is 18.3 Å². The molecule has 0 aromatic heterocycles. The Labute approximate surface area is 159 Å². The molecule has 0 unspecified atom stereocenters. The molecule has 0 aliphatic carbocycles. The van der Waals surface area contributed by atoms with E-state index in [2.05, 4.69) is 35.0 Å². The van der Waals surface area contributed by atoms with Gasteiger partial charge in [-0.1, -0.05) is 32.0 Å². The molecule has 0 spiro atoms. The van der Waals surface area contributed by atoms with Gasteiger partial charge in [-0.2, -0.15) is 0 Å². The number of rotatable bonds is 8. The monoisotopic (exact) mass is 367 g/mol. The van der Waals surface area contributed by atoms with Crippen molar-refractivity contribution in [1.82, 2.24) is 15.1 Å². The summed E-state index contributed by atoms with van der Waals surface area (Å²) in [5.41, 5.74) is 2.04. The van der Waals surface area contributed by atoms with Crippen LogP contribution in [0, 0.1) is 5.92 Å². The van der Waals surface area contributed by atoms with Crippen molar-refractivity contribution < 1.29 is 4.79 Å². The fourth-order valence-corrected chi connectivity index (χ4v) is 3.54. The highest BCUT2D eigenvalue weighted by Crippen LogP contribution is 2.21. The van der Waals surface area contributed by atoms with Crippen molar-refractivity contribution in [2.75, 3.05) is 46.3 Å². The van der Waals surface area contributed by atoms with Crippen molar-refractivity contribution in [1.29, 1.82) is 0 Å². The molecule has 5 heteroatoms. The van der Waals surface area contributed by atoms with E-state index in [1.807, 2.05) is 25.2 Å². The quantitative estimate of drug-likeness (QED) is 0.767. The second-order valence-electron chi connectivity index (χ2n) is 6.73. The molecule has 25 heavy (non-hydrogen) atoms. The number of benzene rings is 1. The van der Waals surface area contributed by atoms with Crippen LogP contribution in [-0.4, -0.2) is 62.0 Å². The highest BCUT2D eigenvalue weighted by Gasteiger charge is 2.25. The first-order chi connectivity index (χ1) is 11.7. The molecular formula is C20H34ClN3O. The number of likely N-dealkylation sites (N-methyl/N-ethyl adjacent to an activating group) is 1. The Bertz CT molecular complexity index is 511. The SMILES string of the molecule is CCN(CC)CC1CCN(C(=O)c2ccccc2CCNC)CC1.Cl. The third-order valence-electron chi connectivity index (χ3n) is 5.20.